The Morgan fingerprint density at radius 1 is 1.31 bits per heavy atom. The third kappa shape index (κ3) is 5.67. The van der Waals surface area contributed by atoms with Gasteiger partial charge in [-0.1, -0.05) is 19.9 Å². The summed E-state index contributed by atoms with van der Waals surface area (Å²) in [6, 6.07) is 3.14. The van der Waals surface area contributed by atoms with Crippen molar-refractivity contribution in [2.45, 2.75) is 45.1 Å². The fraction of sp³-hybridized carbons (Fsp3) is 0.611. The first-order valence-corrected chi connectivity index (χ1v) is 8.56. The summed E-state index contributed by atoms with van der Waals surface area (Å²) < 4.78 is 54.5. The van der Waals surface area contributed by atoms with Crippen LogP contribution in [-0.2, 0) is 4.79 Å². The smallest absolute Gasteiger partial charge is 0.403 e. The van der Waals surface area contributed by atoms with E-state index in [0.717, 1.165) is 12.1 Å². The Balaban J connectivity index is 2.22. The molecule has 0 bridgehead atoms. The Kier molecular flexibility index (Phi) is 6.63. The number of aliphatic hydroxyl groups is 1. The van der Waals surface area contributed by atoms with E-state index in [1.54, 1.807) is 13.8 Å². The molecule has 0 aromatic heterocycles. The van der Waals surface area contributed by atoms with Crippen LogP contribution in [0.25, 0.3) is 0 Å². The van der Waals surface area contributed by atoms with Crippen LogP contribution in [0.2, 0.25) is 0 Å². The summed E-state index contributed by atoms with van der Waals surface area (Å²) in [7, 11) is 0. The van der Waals surface area contributed by atoms with Crippen molar-refractivity contribution in [3.63, 3.8) is 0 Å². The molecular formula is C18H23F4NO3. The van der Waals surface area contributed by atoms with Crippen LogP contribution in [0.4, 0.5) is 17.6 Å². The van der Waals surface area contributed by atoms with Gasteiger partial charge in [0, 0.05) is 25.6 Å². The lowest BCUT2D eigenvalue weighted by molar-refractivity contribution is -0.275. The van der Waals surface area contributed by atoms with Crippen molar-refractivity contribution in [3.8, 4) is 5.75 Å². The first kappa shape index (κ1) is 20.6. The van der Waals surface area contributed by atoms with Gasteiger partial charge in [-0.05, 0) is 30.5 Å². The average Bonchev–Trinajstić information content (AvgIpc) is 2.54. The second-order valence-corrected chi connectivity index (χ2v) is 6.88. The highest BCUT2D eigenvalue weighted by atomic mass is 19.4. The number of alkyl halides is 3. The summed E-state index contributed by atoms with van der Waals surface area (Å²) in [4.78, 5) is 14.6. The number of halogens is 4. The molecule has 1 saturated heterocycles. The number of hydrogen-bond acceptors (Lipinski definition) is 4. The van der Waals surface area contributed by atoms with E-state index < -0.39 is 23.8 Å². The molecular weight excluding hydrogens is 354 g/mol. The molecule has 0 aliphatic carbocycles. The van der Waals surface area contributed by atoms with E-state index in [1.807, 2.05) is 4.90 Å². The van der Waals surface area contributed by atoms with Crippen molar-refractivity contribution in [3.05, 3.63) is 29.6 Å². The standard InChI is InChI=1S/C18H23F4NO3/c1-11(2)17(25)14(10-23-7-5-13(24)6-8-23)12-3-4-16(15(19)9-12)26-18(20,21)22/h3-4,9,11,13-14,24H,5-8,10H2,1-2H3/t14-/m1/s1. The molecule has 1 aromatic carbocycles. The number of piperidine rings is 1. The van der Waals surface area contributed by atoms with Gasteiger partial charge < -0.3 is 14.7 Å². The van der Waals surface area contributed by atoms with E-state index in [9.17, 15) is 27.5 Å². The van der Waals surface area contributed by atoms with Gasteiger partial charge in [0.1, 0.15) is 5.78 Å². The van der Waals surface area contributed by atoms with Crippen LogP contribution in [0.15, 0.2) is 18.2 Å². The average molecular weight is 377 g/mol. The molecule has 26 heavy (non-hydrogen) atoms. The number of carbonyl (C=O) groups excluding carboxylic acids is 1. The van der Waals surface area contributed by atoms with Gasteiger partial charge in [0.25, 0.3) is 0 Å². The van der Waals surface area contributed by atoms with Gasteiger partial charge in [-0.25, -0.2) is 4.39 Å². The molecule has 0 amide bonds. The lowest BCUT2D eigenvalue weighted by Gasteiger charge is -2.32. The van der Waals surface area contributed by atoms with Crippen LogP contribution >= 0.6 is 0 Å². The molecule has 1 fully saturated rings. The summed E-state index contributed by atoms with van der Waals surface area (Å²) in [5, 5.41) is 9.59. The molecule has 0 unspecified atom stereocenters. The van der Waals surface area contributed by atoms with Gasteiger partial charge in [0.05, 0.1) is 12.0 Å². The molecule has 0 radical (unpaired) electrons. The van der Waals surface area contributed by atoms with E-state index in [1.165, 1.54) is 6.07 Å². The minimum absolute atomic E-state index is 0.111. The quantitative estimate of drug-likeness (QED) is 0.771. The molecule has 0 spiro atoms. The fourth-order valence-corrected chi connectivity index (χ4v) is 3.06. The summed E-state index contributed by atoms with van der Waals surface area (Å²) in [5.74, 6) is -3.14. The Labute approximate surface area is 149 Å². The second-order valence-electron chi connectivity index (χ2n) is 6.88. The highest BCUT2D eigenvalue weighted by Gasteiger charge is 2.33. The Morgan fingerprint density at radius 3 is 2.42 bits per heavy atom. The SMILES string of the molecule is CC(C)C(=O)[C@H](CN1CCC(O)CC1)c1ccc(OC(F)(F)F)c(F)c1. The summed E-state index contributed by atoms with van der Waals surface area (Å²) >= 11 is 0. The number of ether oxygens (including phenoxy) is 1. The fourth-order valence-electron chi connectivity index (χ4n) is 3.06. The maximum atomic E-state index is 14.1. The minimum atomic E-state index is -4.98. The molecule has 2 rings (SSSR count). The zero-order valence-corrected chi connectivity index (χ0v) is 14.7. The Bertz CT molecular complexity index is 625. The number of carbonyl (C=O) groups is 1. The van der Waals surface area contributed by atoms with Crippen LogP contribution in [0.5, 0.6) is 5.75 Å². The maximum absolute atomic E-state index is 14.1. The van der Waals surface area contributed by atoms with Gasteiger partial charge >= 0.3 is 6.36 Å². The zero-order chi connectivity index (χ0) is 19.5. The summed E-state index contributed by atoms with van der Waals surface area (Å²) in [6.45, 7) is 5.02. The second kappa shape index (κ2) is 8.35. The molecule has 1 aliphatic heterocycles. The lowest BCUT2D eigenvalue weighted by Crippen LogP contribution is -2.40. The van der Waals surface area contributed by atoms with E-state index in [2.05, 4.69) is 4.74 Å². The molecule has 8 heteroatoms. The molecule has 4 nitrogen and oxygen atoms in total. The zero-order valence-electron chi connectivity index (χ0n) is 14.7. The van der Waals surface area contributed by atoms with Crippen molar-refractivity contribution >= 4 is 5.78 Å². The minimum Gasteiger partial charge on any atom is -0.403 e. The van der Waals surface area contributed by atoms with Crippen LogP contribution < -0.4 is 4.74 Å². The third-order valence-corrected chi connectivity index (χ3v) is 4.49. The first-order valence-electron chi connectivity index (χ1n) is 8.56. The largest absolute Gasteiger partial charge is 0.573 e. The topological polar surface area (TPSA) is 49.8 Å². The number of aliphatic hydroxyl groups excluding tert-OH is 1. The molecule has 0 saturated carbocycles. The predicted octanol–water partition coefficient (Wildman–Crippen LogP) is 3.49. The normalized spacial score (nSPS) is 18.2. The number of benzene rings is 1. The van der Waals surface area contributed by atoms with Gasteiger partial charge in [0.2, 0.25) is 0 Å². The van der Waals surface area contributed by atoms with E-state index in [0.29, 0.717) is 38.0 Å². The number of rotatable bonds is 6. The van der Waals surface area contributed by atoms with Crippen molar-refractivity contribution in [2.75, 3.05) is 19.6 Å². The first-order chi connectivity index (χ1) is 12.1. The van der Waals surface area contributed by atoms with E-state index >= 15 is 0 Å². The van der Waals surface area contributed by atoms with E-state index in [4.69, 9.17) is 0 Å². The molecule has 1 heterocycles. The van der Waals surface area contributed by atoms with Crippen molar-refractivity contribution in [1.29, 1.82) is 0 Å². The van der Waals surface area contributed by atoms with Crippen LogP contribution in [0.3, 0.4) is 0 Å². The van der Waals surface area contributed by atoms with Gasteiger partial charge in [-0.2, -0.15) is 0 Å². The number of nitrogens with zero attached hydrogens (tertiary/aromatic N) is 1. The van der Waals surface area contributed by atoms with Gasteiger partial charge in [0.15, 0.2) is 11.6 Å². The van der Waals surface area contributed by atoms with Crippen LogP contribution in [-0.4, -0.2) is 47.9 Å². The molecule has 1 aliphatic rings. The highest BCUT2D eigenvalue weighted by molar-refractivity contribution is 5.87. The molecule has 146 valence electrons. The lowest BCUT2D eigenvalue weighted by atomic mass is 9.87. The van der Waals surface area contributed by atoms with Gasteiger partial charge in [-0.15, -0.1) is 13.2 Å². The number of hydrogen-bond donors (Lipinski definition) is 1. The van der Waals surface area contributed by atoms with Crippen molar-refractivity contribution < 1.29 is 32.2 Å². The van der Waals surface area contributed by atoms with Crippen LogP contribution in [0, 0.1) is 11.7 Å². The number of likely N-dealkylation sites (tertiary alicyclic amines) is 1. The molecule has 1 N–H and O–H groups in total. The van der Waals surface area contributed by atoms with Crippen molar-refractivity contribution in [1.82, 2.24) is 4.90 Å². The van der Waals surface area contributed by atoms with Gasteiger partial charge in [-0.3, -0.25) is 4.79 Å². The maximum Gasteiger partial charge on any atom is 0.573 e. The highest BCUT2D eigenvalue weighted by Crippen LogP contribution is 2.30. The summed E-state index contributed by atoms with van der Waals surface area (Å²) in [5.41, 5.74) is 0.321. The summed E-state index contributed by atoms with van der Waals surface area (Å²) in [6.07, 6.45) is -4.16. The van der Waals surface area contributed by atoms with E-state index in [-0.39, 0.29) is 17.8 Å². The molecule has 1 aromatic rings. The molecule has 1 atom stereocenters. The Hall–Kier alpha value is -1.67. The van der Waals surface area contributed by atoms with Crippen molar-refractivity contribution in [2.24, 2.45) is 5.92 Å². The Morgan fingerprint density at radius 2 is 1.92 bits per heavy atom. The monoisotopic (exact) mass is 377 g/mol. The predicted molar refractivity (Wildman–Crippen MR) is 87.3 cm³/mol. The number of ketones is 1. The third-order valence-electron chi connectivity index (χ3n) is 4.49. The van der Waals surface area contributed by atoms with Crippen LogP contribution in [0.1, 0.15) is 38.2 Å². The number of Topliss-reactive ketones (excluding diaryl/α,β-unsaturated/α-hetero) is 1.